The fourth-order valence-corrected chi connectivity index (χ4v) is 2.78. The van der Waals surface area contributed by atoms with Crippen molar-refractivity contribution in [3.8, 4) is 0 Å². The van der Waals surface area contributed by atoms with E-state index in [1.807, 2.05) is 19.1 Å². The molecule has 0 radical (unpaired) electrons. The van der Waals surface area contributed by atoms with Crippen molar-refractivity contribution in [1.82, 2.24) is 4.98 Å². The number of ether oxygens (including phenoxy) is 1. The number of aromatic nitrogens is 1. The Labute approximate surface area is 127 Å². The van der Waals surface area contributed by atoms with Gasteiger partial charge in [-0.1, -0.05) is 13.8 Å². The van der Waals surface area contributed by atoms with Crippen molar-refractivity contribution in [3.63, 3.8) is 0 Å². The van der Waals surface area contributed by atoms with Crippen molar-refractivity contribution in [2.75, 3.05) is 5.75 Å². The zero-order valence-corrected chi connectivity index (χ0v) is 14.1. The van der Waals surface area contributed by atoms with E-state index >= 15 is 0 Å². The molecule has 0 aliphatic heterocycles. The molecule has 1 aromatic heterocycles. The standard InChI is InChI=1S/C13H18BrNOS2/c1-4-8-18-10-6-7-11(14)15-12(10)13(17)16-9(3)5-2/h6-7,9H,4-5,8H2,1-3H3. The maximum atomic E-state index is 5.70. The van der Waals surface area contributed by atoms with Gasteiger partial charge >= 0.3 is 0 Å². The molecular weight excluding hydrogens is 330 g/mol. The van der Waals surface area contributed by atoms with E-state index < -0.39 is 0 Å². The van der Waals surface area contributed by atoms with Gasteiger partial charge in [0.25, 0.3) is 0 Å². The van der Waals surface area contributed by atoms with Gasteiger partial charge in [0.2, 0.25) is 5.05 Å². The summed E-state index contributed by atoms with van der Waals surface area (Å²) >= 11 is 10.5. The van der Waals surface area contributed by atoms with Crippen molar-refractivity contribution in [1.29, 1.82) is 0 Å². The average molecular weight is 348 g/mol. The smallest absolute Gasteiger partial charge is 0.211 e. The Morgan fingerprint density at radius 1 is 1.50 bits per heavy atom. The molecule has 0 saturated carbocycles. The van der Waals surface area contributed by atoms with E-state index in [1.54, 1.807) is 11.8 Å². The summed E-state index contributed by atoms with van der Waals surface area (Å²) in [7, 11) is 0. The molecule has 0 amide bonds. The first kappa shape index (κ1) is 15.9. The third-order valence-electron chi connectivity index (χ3n) is 2.36. The molecule has 1 rings (SSSR count). The molecule has 0 aromatic carbocycles. The Bertz CT molecular complexity index is 412. The van der Waals surface area contributed by atoms with E-state index in [0.29, 0.717) is 5.05 Å². The van der Waals surface area contributed by atoms with E-state index in [-0.39, 0.29) is 6.10 Å². The van der Waals surface area contributed by atoms with Gasteiger partial charge in [-0.3, -0.25) is 0 Å². The van der Waals surface area contributed by atoms with Crippen LogP contribution in [0, 0.1) is 0 Å². The molecule has 0 aliphatic rings. The maximum Gasteiger partial charge on any atom is 0.211 e. The molecule has 0 saturated heterocycles. The number of thiocarbonyl (C=S) groups is 1. The molecule has 0 aliphatic carbocycles. The molecule has 18 heavy (non-hydrogen) atoms. The van der Waals surface area contributed by atoms with E-state index in [9.17, 15) is 0 Å². The highest BCUT2D eigenvalue weighted by molar-refractivity contribution is 9.10. The topological polar surface area (TPSA) is 22.1 Å². The van der Waals surface area contributed by atoms with Crippen LogP contribution in [0.15, 0.2) is 21.6 Å². The monoisotopic (exact) mass is 347 g/mol. The zero-order valence-electron chi connectivity index (χ0n) is 10.9. The minimum atomic E-state index is 0.127. The lowest BCUT2D eigenvalue weighted by Crippen LogP contribution is -2.15. The van der Waals surface area contributed by atoms with Gasteiger partial charge in [0, 0.05) is 4.90 Å². The number of halogens is 1. The number of hydrogen-bond donors (Lipinski definition) is 0. The Kier molecular flexibility index (Phi) is 7.19. The van der Waals surface area contributed by atoms with Crippen LogP contribution >= 0.6 is 39.9 Å². The number of thioether (sulfide) groups is 1. The van der Waals surface area contributed by atoms with Crippen molar-refractivity contribution >= 4 is 45.0 Å². The van der Waals surface area contributed by atoms with E-state index in [4.69, 9.17) is 17.0 Å². The van der Waals surface area contributed by atoms with Gasteiger partial charge in [-0.05, 0) is 65.8 Å². The Balaban J connectivity index is 2.90. The summed E-state index contributed by atoms with van der Waals surface area (Å²) in [6.45, 7) is 6.25. The predicted octanol–water partition coefficient (Wildman–Crippen LogP) is 4.84. The van der Waals surface area contributed by atoms with Crippen LogP contribution in [0.1, 0.15) is 39.3 Å². The molecule has 0 N–H and O–H groups in total. The summed E-state index contributed by atoms with van der Waals surface area (Å²) in [4.78, 5) is 5.53. The number of rotatable bonds is 6. The fourth-order valence-electron chi connectivity index (χ4n) is 1.22. The van der Waals surface area contributed by atoms with Crippen molar-refractivity contribution in [2.24, 2.45) is 0 Å². The fraction of sp³-hybridized carbons (Fsp3) is 0.538. The second-order valence-corrected chi connectivity index (χ2v) is 6.27. The maximum absolute atomic E-state index is 5.70. The van der Waals surface area contributed by atoms with Crippen molar-refractivity contribution in [3.05, 3.63) is 22.4 Å². The summed E-state index contributed by atoms with van der Waals surface area (Å²) in [5.74, 6) is 1.06. The molecule has 0 fully saturated rings. The minimum absolute atomic E-state index is 0.127. The minimum Gasteiger partial charge on any atom is -0.479 e. The van der Waals surface area contributed by atoms with Gasteiger partial charge in [-0.15, -0.1) is 11.8 Å². The van der Waals surface area contributed by atoms with E-state index in [1.165, 1.54) is 0 Å². The van der Waals surface area contributed by atoms with Crippen molar-refractivity contribution in [2.45, 2.75) is 44.6 Å². The lowest BCUT2D eigenvalue weighted by molar-refractivity contribution is 0.210. The van der Waals surface area contributed by atoms with Crippen LogP contribution in [0.2, 0.25) is 0 Å². The molecule has 2 nitrogen and oxygen atoms in total. The molecular formula is C13H18BrNOS2. The summed E-state index contributed by atoms with van der Waals surface area (Å²) in [5.41, 5.74) is 0.776. The van der Waals surface area contributed by atoms with Crippen LogP contribution in [0.4, 0.5) is 0 Å². The summed E-state index contributed by atoms with van der Waals surface area (Å²) in [5, 5.41) is 0.490. The zero-order chi connectivity index (χ0) is 13.5. The summed E-state index contributed by atoms with van der Waals surface area (Å²) < 4.78 is 6.48. The van der Waals surface area contributed by atoms with Crippen LogP contribution in [0.5, 0.6) is 0 Å². The normalized spacial score (nSPS) is 12.2. The average Bonchev–Trinajstić information content (AvgIpc) is 2.36. The van der Waals surface area contributed by atoms with Gasteiger partial charge in [-0.2, -0.15) is 0 Å². The number of hydrogen-bond acceptors (Lipinski definition) is 4. The predicted molar refractivity (Wildman–Crippen MR) is 85.5 cm³/mol. The molecule has 5 heteroatoms. The van der Waals surface area contributed by atoms with Gasteiger partial charge in [0.1, 0.15) is 10.3 Å². The van der Waals surface area contributed by atoms with Gasteiger partial charge < -0.3 is 4.74 Å². The molecule has 1 unspecified atom stereocenters. The molecule has 0 bridgehead atoms. The van der Waals surface area contributed by atoms with Gasteiger partial charge in [-0.25, -0.2) is 4.98 Å². The largest absolute Gasteiger partial charge is 0.479 e. The highest BCUT2D eigenvalue weighted by Crippen LogP contribution is 2.25. The van der Waals surface area contributed by atoms with Crippen molar-refractivity contribution < 1.29 is 4.74 Å². The molecule has 100 valence electrons. The quantitative estimate of drug-likeness (QED) is 0.417. The van der Waals surface area contributed by atoms with Crippen LogP contribution in [-0.4, -0.2) is 21.9 Å². The highest BCUT2D eigenvalue weighted by Gasteiger charge is 2.14. The van der Waals surface area contributed by atoms with Gasteiger partial charge in [0.05, 0.1) is 6.10 Å². The Morgan fingerprint density at radius 2 is 2.22 bits per heavy atom. The Morgan fingerprint density at radius 3 is 2.83 bits per heavy atom. The second kappa shape index (κ2) is 8.12. The second-order valence-electron chi connectivity index (χ2n) is 3.95. The lowest BCUT2D eigenvalue weighted by Gasteiger charge is -2.15. The first-order valence-electron chi connectivity index (χ1n) is 6.08. The Hall–Kier alpha value is -0.130. The molecule has 1 aromatic rings. The van der Waals surface area contributed by atoms with Crippen LogP contribution in [0.25, 0.3) is 0 Å². The van der Waals surface area contributed by atoms with Crippen LogP contribution < -0.4 is 0 Å². The van der Waals surface area contributed by atoms with E-state index in [2.05, 4.69) is 34.8 Å². The van der Waals surface area contributed by atoms with E-state index in [0.717, 1.165) is 33.8 Å². The first-order valence-corrected chi connectivity index (χ1v) is 8.27. The third kappa shape index (κ3) is 4.86. The van der Waals surface area contributed by atoms with Gasteiger partial charge in [0.15, 0.2) is 0 Å². The molecule has 1 heterocycles. The lowest BCUT2D eigenvalue weighted by atomic mass is 10.3. The number of pyridine rings is 1. The van der Waals surface area contributed by atoms with Crippen LogP contribution in [-0.2, 0) is 4.74 Å². The molecule has 1 atom stereocenters. The SMILES string of the molecule is CCCSc1ccc(Br)nc1C(=S)OC(C)CC. The summed E-state index contributed by atoms with van der Waals surface area (Å²) in [6.07, 6.45) is 2.19. The first-order chi connectivity index (χ1) is 8.58. The summed E-state index contributed by atoms with van der Waals surface area (Å²) in [6, 6.07) is 3.98. The third-order valence-corrected chi connectivity index (χ3v) is 4.35. The highest BCUT2D eigenvalue weighted by atomic mass is 79.9. The molecule has 0 spiro atoms. The number of nitrogens with zero attached hydrogens (tertiary/aromatic N) is 1. The van der Waals surface area contributed by atoms with Crippen LogP contribution in [0.3, 0.4) is 0 Å².